The van der Waals surface area contributed by atoms with Gasteiger partial charge in [0.05, 0.1) is 0 Å². The second kappa shape index (κ2) is 3.72. The topological polar surface area (TPSA) is 105 Å². The first-order chi connectivity index (χ1) is 7.58. The fraction of sp³-hybridized carbons (Fsp3) is 0.375. The summed E-state index contributed by atoms with van der Waals surface area (Å²) in [5, 5.41) is 5.45. The quantitative estimate of drug-likeness (QED) is 0.521. The van der Waals surface area contributed by atoms with Gasteiger partial charge in [0.2, 0.25) is 5.89 Å². The Morgan fingerprint density at radius 2 is 2.12 bits per heavy atom. The second-order valence-electron chi connectivity index (χ2n) is 3.20. The SMILES string of the molecule is Cc1noc(CCN2C(=O)NC(=O)C2=O)n1. The molecule has 8 heteroatoms. The van der Waals surface area contributed by atoms with Crippen LogP contribution in [0.5, 0.6) is 0 Å². The van der Waals surface area contributed by atoms with Crippen molar-refractivity contribution in [1.82, 2.24) is 20.4 Å². The number of urea groups is 1. The van der Waals surface area contributed by atoms with E-state index in [4.69, 9.17) is 4.52 Å². The molecule has 0 saturated carbocycles. The maximum Gasteiger partial charge on any atom is 0.331 e. The number of nitrogens with one attached hydrogen (secondary N) is 1. The maximum atomic E-state index is 11.2. The molecule has 0 bridgehead atoms. The third kappa shape index (κ3) is 1.76. The zero-order valence-electron chi connectivity index (χ0n) is 8.39. The van der Waals surface area contributed by atoms with Gasteiger partial charge in [-0.05, 0) is 6.92 Å². The van der Waals surface area contributed by atoms with Crippen LogP contribution in [0.2, 0.25) is 0 Å². The van der Waals surface area contributed by atoms with E-state index in [1.807, 2.05) is 5.32 Å². The average Bonchev–Trinajstić information content (AvgIpc) is 2.72. The van der Waals surface area contributed by atoms with Crippen molar-refractivity contribution in [2.45, 2.75) is 13.3 Å². The summed E-state index contributed by atoms with van der Waals surface area (Å²) < 4.78 is 4.81. The van der Waals surface area contributed by atoms with Crippen LogP contribution in [0, 0.1) is 6.92 Å². The highest BCUT2D eigenvalue weighted by atomic mass is 16.5. The monoisotopic (exact) mass is 224 g/mol. The van der Waals surface area contributed by atoms with Gasteiger partial charge in [0.25, 0.3) is 0 Å². The molecule has 4 amide bonds. The summed E-state index contributed by atoms with van der Waals surface area (Å²) >= 11 is 0. The van der Waals surface area contributed by atoms with Gasteiger partial charge in [0.1, 0.15) is 0 Å². The average molecular weight is 224 g/mol. The smallest absolute Gasteiger partial charge is 0.331 e. The highest BCUT2D eigenvalue weighted by Gasteiger charge is 2.36. The van der Waals surface area contributed by atoms with Crippen molar-refractivity contribution in [3.05, 3.63) is 11.7 Å². The molecule has 1 fully saturated rings. The summed E-state index contributed by atoms with van der Waals surface area (Å²) in [5.74, 6) is -0.978. The molecule has 1 N–H and O–H groups in total. The van der Waals surface area contributed by atoms with E-state index in [0.717, 1.165) is 4.90 Å². The Morgan fingerprint density at radius 1 is 1.38 bits per heavy atom. The third-order valence-corrected chi connectivity index (χ3v) is 2.02. The summed E-state index contributed by atoms with van der Waals surface area (Å²) in [5.41, 5.74) is 0. The predicted molar refractivity (Wildman–Crippen MR) is 48.0 cm³/mol. The molecule has 1 aliphatic heterocycles. The van der Waals surface area contributed by atoms with E-state index in [0.29, 0.717) is 11.7 Å². The lowest BCUT2D eigenvalue weighted by molar-refractivity contribution is -0.140. The molecule has 1 saturated heterocycles. The molecule has 2 heterocycles. The van der Waals surface area contributed by atoms with E-state index in [2.05, 4.69) is 10.1 Å². The molecule has 84 valence electrons. The zero-order chi connectivity index (χ0) is 11.7. The molecule has 0 aliphatic carbocycles. The largest absolute Gasteiger partial charge is 0.339 e. The number of carbonyl (C=O) groups excluding carboxylic acids is 3. The van der Waals surface area contributed by atoms with Gasteiger partial charge in [-0.2, -0.15) is 4.98 Å². The van der Waals surface area contributed by atoms with Crippen LogP contribution in [0.4, 0.5) is 4.79 Å². The molecule has 0 radical (unpaired) electrons. The number of hydrogen-bond acceptors (Lipinski definition) is 6. The highest BCUT2D eigenvalue weighted by molar-refractivity contribution is 6.44. The van der Waals surface area contributed by atoms with Crippen LogP contribution in [0.3, 0.4) is 0 Å². The second-order valence-corrected chi connectivity index (χ2v) is 3.20. The molecule has 1 aliphatic rings. The molecule has 1 aromatic heterocycles. The van der Waals surface area contributed by atoms with Gasteiger partial charge in [0.15, 0.2) is 5.82 Å². The summed E-state index contributed by atoms with van der Waals surface area (Å²) in [6, 6.07) is -0.716. The summed E-state index contributed by atoms with van der Waals surface area (Å²) in [7, 11) is 0. The van der Waals surface area contributed by atoms with E-state index < -0.39 is 17.8 Å². The first kappa shape index (κ1) is 10.3. The normalized spacial score (nSPS) is 15.8. The van der Waals surface area contributed by atoms with Gasteiger partial charge in [-0.25, -0.2) is 4.79 Å². The Hall–Kier alpha value is -2.25. The van der Waals surface area contributed by atoms with Crippen molar-refractivity contribution in [2.75, 3.05) is 6.54 Å². The highest BCUT2D eigenvalue weighted by Crippen LogP contribution is 2.04. The van der Waals surface area contributed by atoms with Crippen LogP contribution < -0.4 is 5.32 Å². The number of carbonyl (C=O) groups is 3. The lowest BCUT2D eigenvalue weighted by Crippen LogP contribution is -2.33. The molecular weight excluding hydrogens is 216 g/mol. The number of imide groups is 2. The lowest BCUT2D eigenvalue weighted by atomic mass is 10.4. The molecule has 0 atom stereocenters. The Morgan fingerprint density at radius 3 is 2.62 bits per heavy atom. The van der Waals surface area contributed by atoms with E-state index in [-0.39, 0.29) is 13.0 Å². The standard InChI is InChI=1S/C8H8N4O4/c1-4-9-5(16-11-4)2-3-12-7(14)6(13)10-8(12)15/h2-3H2,1H3,(H,10,13,15). The molecule has 1 aromatic rings. The number of aromatic nitrogens is 2. The van der Waals surface area contributed by atoms with Crippen molar-refractivity contribution in [2.24, 2.45) is 0 Å². The molecule has 2 rings (SSSR count). The van der Waals surface area contributed by atoms with Crippen LogP contribution >= 0.6 is 0 Å². The molecule has 0 unspecified atom stereocenters. The third-order valence-electron chi connectivity index (χ3n) is 2.02. The summed E-state index contributed by atoms with van der Waals surface area (Å²) in [6.45, 7) is 1.70. The van der Waals surface area contributed by atoms with E-state index in [9.17, 15) is 14.4 Å². The van der Waals surface area contributed by atoms with E-state index >= 15 is 0 Å². The minimum absolute atomic E-state index is 0.0397. The predicted octanol–water partition coefficient (Wildman–Crippen LogP) is -1.00. The van der Waals surface area contributed by atoms with E-state index in [1.54, 1.807) is 6.92 Å². The van der Waals surface area contributed by atoms with Crippen molar-refractivity contribution < 1.29 is 18.9 Å². The Kier molecular flexibility index (Phi) is 2.39. The fourth-order valence-electron chi connectivity index (χ4n) is 1.28. The number of rotatable bonds is 3. The first-order valence-electron chi connectivity index (χ1n) is 4.54. The maximum absolute atomic E-state index is 11.2. The zero-order valence-corrected chi connectivity index (χ0v) is 8.39. The Bertz CT molecular complexity index is 466. The van der Waals surface area contributed by atoms with Gasteiger partial charge < -0.3 is 4.52 Å². The van der Waals surface area contributed by atoms with Crippen LogP contribution in [-0.4, -0.2) is 39.4 Å². The number of amides is 4. The van der Waals surface area contributed by atoms with Gasteiger partial charge in [-0.3, -0.25) is 19.8 Å². The molecule has 16 heavy (non-hydrogen) atoms. The van der Waals surface area contributed by atoms with Crippen LogP contribution in [0.25, 0.3) is 0 Å². The van der Waals surface area contributed by atoms with E-state index in [1.165, 1.54) is 0 Å². The number of aryl methyl sites for hydroxylation is 1. The van der Waals surface area contributed by atoms with Crippen LogP contribution in [-0.2, 0) is 16.0 Å². The van der Waals surface area contributed by atoms with Gasteiger partial charge >= 0.3 is 17.8 Å². The molecule has 0 aromatic carbocycles. The summed E-state index contributed by atoms with van der Waals surface area (Å²) in [4.78, 5) is 37.8. The number of nitrogens with zero attached hydrogens (tertiary/aromatic N) is 3. The number of hydrogen-bond donors (Lipinski definition) is 1. The molecular formula is C8H8N4O4. The van der Waals surface area contributed by atoms with Gasteiger partial charge in [0, 0.05) is 13.0 Å². The Labute approximate surface area is 89.6 Å². The minimum Gasteiger partial charge on any atom is -0.339 e. The van der Waals surface area contributed by atoms with Crippen LogP contribution in [0.1, 0.15) is 11.7 Å². The van der Waals surface area contributed by atoms with Crippen molar-refractivity contribution in [3.8, 4) is 0 Å². The van der Waals surface area contributed by atoms with Crippen molar-refractivity contribution in [3.63, 3.8) is 0 Å². The minimum atomic E-state index is -0.910. The fourth-order valence-corrected chi connectivity index (χ4v) is 1.28. The van der Waals surface area contributed by atoms with Gasteiger partial charge in [-0.15, -0.1) is 0 Å². The van der Waals surface area contributed by atoms with Crippen molar-refractivity contribution >= 4 is 17.8 Å². The first-order valence-corrected chi connectivity index (χ1v) is 4.54. The van der Waals surface area contributed by atoms with Crippen LogP contribution in [0.15, 0.2) is 4.52 Å². The molecule has 8 nitrogen and oxygen atoms in total. The Balaban J connectivity index is 1.98. The lowest BCUT2D eigenvalue weighted by Gasteiger charge is -2.08. The van der Waals surface area contributed by atoms with Gasteiger partial charge in [-0.1, -0.05) is 5.16 Å². The van der Waals surface area contributed by atoms with Crippen molar-refractivity contribution in [1.29, 1.82) is 0 Å². The summed E-state index contributed by atoms with van der Waals surface area (Å²) in [6.07, 6.45) is 0.229. The molecule has 0 spiro atoms.